The number of likely N-dealkylation sites (N-methyl/N-ethyl adjacent to an activating group) is 1. The van der Waals surface area contributed by atoms with Crippen LogP contribution in [0.4, 0.5) is 0 Å². The lowest BCUT2D eigenvalue weighted by Gasteiger charge is -2.21. The second-order valence-electron chi connectivity index (χ2n) is 7.83. The summed E-state index contributed by atoms with van der Waals surface area (Å²) in [6.45, 7) is 6.92. The molecule has 0 saturated carbocycles. The van der Waals surface area contributed by atoms with E-state index in [0.717, 1.165) is 43.7 Å². The largest absolute Gasteiger partial charge is 0.356 e. The summed E-state index contributed by atoms with van der Waals surface area (Å²) >= 11 is 1.34. The van der Waals surface area contributed by atoms with Gasteiger partial charge in [-0.05, 0) is 46.2 Å². The van der Waals surface area contributed by atoms with Crippen LogP contribution in [0.1, 0.15) is 40.3 Å². The highest BCUT2D eigenvalue weighted by Gasteiger charge is 2.27. The van der Waals surface area contributed by atoms with Gasteiger partial charge in [-0.3, -0.25) is 19.3 Å². The van der Waals surface area contributed by atoms with E-state index < -0.39 is 0 Å². The number of nitrogens with one attached hydrogen (secondary N) is 2. The van der Waals surface area contributed by atoms with Crippen LogP contribution in [0.25, 0.3) is 0 Å². The summed E-state index contributed by atoms with van der Waals surface area (Å²) in [6, 6.07) is 2.10. The molecule has 2 amide bonds. The Bertz CT molecular complexity index is 819. The van der Waals surface area contributed by atoms with E-state index in [2.05, 4.69) is 31.7 Å². The van der Waals surface area contributed by atoms with Gasteiger partial charge in [0.25, 0.3) is 5.91 Å². The van der Waals surface area contributed by atoms with Gasteiger partial charge in [0.15, 0.2) is 0 Å². The monoisotopic (exact) mass is 418 g/mol. The Morgan fingerprint density at radius 1 is 1.28 bits per heavy atom. The SMILES string of the molecule is Cc1cc(C)n(CCCNC(=O)[C@@H]2CC[C@H](NC(=O)c3cncs3)CN(C)C2)n1. The number of carbonyl (C=O) groups excluding carboxylic acids is 2. The van der Waals surface area contributed by atoms with Crippen LogP contribution < -0.4 is 10.6 Å². The van der Waals surface area contributed by atoms with E-state index in [0.29, 0.717) is 18.0 Å². The molecule has 2 atom stereocenters. The van der Waals surface area contributed by atoms with Gasteiger partial charge in [0.1, 0.15) is 4.88 Å². The van der Waals surface area contributed by atoms with Crippen LogP contribution in [0.5, 0.6) is 0 Å². The third kappa shape index (κ3) is 6.11. The fourth-order valence-corrected chi connectivity index (χ4v) is 4.34. The third-order valence-electron chi connectivity index (χ3n) is 5.24. The highest BCUT2D eigenvalue weighted by Crippen LogP contribution is 2.17. The zero-order valence-electron chi connectivity index (χ0n) is 17.4. The van der Waals surface area contributed by atoms with Gasteiger partial charge < -0.3 is 15.5 Å². The summed E-state index contributed by atoms with van der Waals surface area (Å²) in [5.74, 6) is -0.0448. The van der Waals surface area contributed by atoms with Gasteiger partial charge in [-0.25, -0.2) is 0 Å². The van der Waals surface area contributed by atoms with E-state index in [-0.39, 0.29) is 23.8 Å². The van der Waals surface area contributed by atoms with E-state index in [1.807, 2.05) is 25.6 Å². The van der Waals surface area contributed by atoms with Gasteiger partial charge in [-0.2, -0.15) is 5.10 Å². The molecule has 9 heteroatoms. The second kappa shape index (κ2) is 9.98. The molecule has 0 bridgehead atoms. The number of aryl methyl sites for hydroxylation is 3. The summed E-state index contributed by atoms with van der Waals surface area (Å²) in [5.41, 5.74) is 3.82. The molecule has 1 fully saturated rings. The normalized spacial score (nSPS) is 20.2. The van der Waals surface area contributed by atoms with Crippen molar-refractivity contribution in [1.29, 1.82) is 0 Å². The van der Waals surface area contributed by atoms with Crippen molar-refractivity contribution in [2.45, 2.75) is 45.7 Å². The van der Waals surface area contributed by atoms with Crippen molar-refractivity contribution in [3.63, 3.8) is 0 Å². The molecule has 8 nitrogen and oxygen atoms in total. The van der Waals surface area contributed by atoms with Crippen molar-refractivity contribution < 1.29 is 9.59 Å². The first kappa shape index (κ1) is 21.4. The maximum Gasteiger partial charge on any atom is 0.263 e. The maximum absolute atomic E-state index is 12.6. The topological polar surface area (TPSA) is 92.2 Å². The van der Waals surface area contributed by atoms with Crippen LogP contribution in [0, 0.1) is 19.8 Å². The van der Waals surface area contributed by atoms with E-state index in [1.165, 1.54) is 11.3 Å². The molecule has 2 N–H and O–H groups in total. The Kier molecular flexibility index (Phi) is 7.38. The molecule has 3 heterocycles. The predicted octanol–water partition coefficient (Wildman–Crippen LogP) is 1.60. The first-order chi connectivity index (χ1) is 13.9. The Balaban J connectivity index is 1.42. The summed E-state index contributed by atoms with van der Waals surface area (Å²) < 4.78 is 1.98. The quantitative estimate of drug-likeness (QED) is 0.667. The Labute approximate surface area is 175 Å². The van der Waals surface area contributed by atoms with Crippen LogP contribution >= 0.6 is 11.3 Å². The molecule has 0 aromatic carbocycles. The van der Waals surface area contributed by atoms with E-state index in [4.69, 9.17) is 0 Å². The number of hydrogen-bond acceptors (Lipinski definition) is 6. The molecule has 0 aliphatic carbocycles. The molecule has 158 valence electrons. The highest BCUT2D eigenvalue weighted by atomic mass is 32.1. The second-order valence-corrected chi connectivity index (χ2v) is 8.71. The summed E-state index contributed by atoms with van der Waals surface area (Å²) in [6.07, 6.45) is 3.99. The van der Waals surface area contributed by atoms with Gasteiger partial charge in [-0.1, -0.05) is 0 Å². The number of amides is 2. The number of aromatic nitrogens is 3. The zero-order chi connectivity index (χ0) is 20.8. The van der Waals surface area contributed by atoms with E-state index in [1.54, 1.807) is 11.7 Å². The van der Waals surface area contributed by atoms with Crippen molar-refractivity contribution in [3.8, 4) is 0 Å². The Morgan fingerprint density at radius 2 is 2.10 bits per heavy atom. The minimum absolute atomic E-state index is 0.0402. The van der Waals surface area contributed by atoms with Crippen molar-refractivity contribution in [1.82, 2.24) is 30.3 Å². The van der Waals surface area contributed by atoms with Crippen LogP contribution in [-0.4, -0.2) is 64.2 Å². The maximum atomic E-state index is 12.6. The minimum Gasteiger partial charge on any atom is -0.356 e. The molecule has 1 aliphatic heterocycles. The smallest absolute Gasteiger partial charge is 0.263 e. The molecular weight excluding hydrogens is 388 g/mol. The molecule has 0 radical (unpaired) electrons. The van der Waals surface area contributed by atoms with Crippen molar-refractivity contribution in [3.05, 3.63) is 34.0 Å². The zero-order valence-corrected chi connectivity index (χ0v) is 18.2. The van der Waals surface area contributed by atoms with Gasteiger partial charge in [0.05, 0.1) is 23.3 Å². The lowest BCUT2D eigenvalue weighted by molar-refractivity contribution is -0.125. The average molecular weight is 419 g/mol. The molecular formula is C20H30N6O2S. The molecule has 2 aromatic heterocycles. The molecule has 2 aromatic rings. The fourth-order valence-electron chi connectivity index (χ4n) is 3.81. The summed E-state index contributed by atoms with van der Waals surface area (Å²) in [7, 11) is 2.00. The Hall–Kier alpha value is -2.26. The van der Waals surface area contributed by atoms with Crippen LogP contribution in [0.2, 0.25) is 0 Å². The van der Waals surface area contributed by atoms with Crippen molar-refractivity contribution in [2.24, 2.45) is 5.92 Å². The van der Waals surface area contributed by atoms with Gasteiger partial charge in [-0.15, -0.1) is 11.3 Å². The van der Waals surface area contributed by atoms with Crippen LogP contribution in [-0.2, 0) is 11.3 Å². The highest BCUT2D eigenvalue weighted by molar-refractivity contribution is 7.11. The number of hydrogen-bond donors (Lipinski definition) is 2. The van der Waals surface area contributed by atoms with E-state index >= 15 is 0 Å². The lowest BCUT2D eigenvalue weighted by Crippen LogP contribution is -2.41. The van der Waals surface area contributed by atoms with Gasteiger partial charge >= 0.3 is 0 Å². The summed E-state index contributed by atoms with van der Waals surface area (Å²) in [4.78, 5) is 31.6. The molecule has 0 unspecified atom stereocenters. The fraction of sp³-hybridized carbons (Fsp3) is 0.600. The van der Waals surface area contributed by atoms with Gasteiger partial charge in [0, 0.05) is 37.9 Å². The minimum atomic E-state index is -0.0852. The van der Waals surface area contributed by atoms with Gasteiger partial charge in [0.2, 0.25) is 5.91 Å². The van der Waals surface area contributed by atoms with Crippen molar-refractivity contribution in [2.75, 3.05) is 26.7 Å². The number of likely N-dealkylation sites (tertiary alicyclic amines) is 1. The molecule has 3 rings (SSSR count). The average Bonchev–Trinajstić information content (AvgIpc) is 3.27. The molecule has 1 saturated heterocycles. The van der Waals surface area contributed by atoms with E-state index in [9.17, 15) is 9.59 Å². The van der Waals surface area contributed by atoms with Crippen molar-refractivity contribution >= 4 is 23.2 Å². The first-order valence-electron chi connectivity index (χ1n) is 10.1. The first-order valence-corrected chi connectivity index (χ1v) is 11.0. The Morgan fingerprint density at radius 3 is 2.79 bits per heavy atom. The van der Waals surface area contributed by atoms with Crippen LogP contribution in [0.15, 0.2) is 17.8 Å². The number of thiazole rings is 1. The number of rotatable bonds is 7. The molecule has 1 aliphatic rings. The summed E-state index contributed by atoms with van der Waals surface area (Å²) in [5, 5.41) is 10.6. The number of nitrogens with zero attached hydrogens (tertiary/aromatic N) is 4. The standard InChI is InChI=1S/C20H30N6O2S/c1-14-9-15(2)26(24-14)8-4-7-22-19(27)16-5-6-17(12-25(3)11-16)23-20(28)18-10-21-13-29-18/h9-10,13,16-17H,4-8,11-12H2,1-3H3,(H,22,27)(H,23,28)/t16-,17+/m1/s1. The molecule has 0 spiro atoms. The predicted molar refractivity (Wildman–Crippen MR) is 113 cm³/mol. The molecule has 29 heavy (non-hydrogen) atoms. The third-order valence-corrected chi connectivity index (χ3v) is 6.01. The lowest BCUT2D eigenvalue weighted by atomic mass is 10.0. The number of carbonyl (C=O) groups is 2. The van der Waals surface area contributed by atoms with Crippen LogP contribution in [0.3, 0.4) is 0 Å².